The zero-order valence-electron chi connectivity index (χ0n) is 46.7. The molecule has 454 valence electrons. The molecule has 0 fully saturated rings. The number of hydrogen-bond donors (Lipinski definition) is 12. The van der Waals surface area contributed by atoms with E-state index in [4.69, 9.17) is 34.5 Å². The molecule has 0 saturated heterocycles. The van der Waals surface area contributed by atoms with E-state index in [2.05, 4.69) is 54.5 Å². The van der Waals surface area contributed by atoms with Crippen LogP contribution in [-0.2, 0) is 57.9 Å². The number of urea groups is 1. The highest BCUT2D eigenvalue weighted by atomic mass is 127. The van der Waals surface area contributed by atoms with Gasteiger partial charge in [-0.3, -0.25) is 43.4 Å². The van der Waals surface area contributed by atoms with Gasteiger partial charge in [-0.1, -0.05) is 55.0 Å². The van der Waals surface area contributed by atoms with Crippen molar-refractivity contribution in [1.29, 1.82) is 0 Å². The molecule has 3 aromatic rings. The topological polar surface area (TPSA) is 391 Å². The Bertz CT molecular complexity index is 2630. The molecule has 25 nitrogen and oxygen atoms in total. The number of hydrogen-bond acceptors (Lipinski definition) is 15. The molecule has 0 bridgehead atoms. The van der Waals surface area contributed by atoms with Gasteiger partial charge in [0.2, 0.25) is 23.6 Å². The molecule has 0 saturated carbocycles. The number of Topliss-reactive ketones (excluding diaryl/α,β-unsaturated/α-hetero) is 1. The first kappa shape index (κ1) is 70.1. The first-order chi connectivity index (χ1) is 39.5. The standard InChI is InChI=1S/C56H79IN12O13S/c1-37(70)34-68(28-27-67(36-49(60)73)26-24-61-32-47(58)71)44(31-62-33-48(59)72)29-38-14-20-43(21-15-38)64-51(83)9-4-2-3-8-50(74)63-30-39-10-16-41(17-11-39)53(77)69(35-40-12-18-42(57)19-13-40)25-6-5-7-45(54(78)79)65-56(82)66-46(55(80)81)22-23-52(75)76/h10-21,44-46,61-62H,2-9,22-36H2,1H3,(H2,58,71)(H2,59,72)(H2,60,73)(H,63,74)(H,64,83)(H,75,76)(H,78,79)(H,80,81)(H2,65,66,82)/t44?,45-,46-/m1/s1. The average Bonchev–Trinajstić information content (AvgIpc) is 3.53. The van der Waals surface area contributed by atoms with Crippen LogP contribution in [0.3, 0.4) is 0 Å². The summed E-state index contributed by atoms with van der Waals surface area (Å²) >= 11 is 7.82. The Morgan fingerprint density at radius 2 is 1.23 bits per heavy atom. The molecule has 15 N–H and O–H groups in total. The predicted molar refractivity (Wildman–Crippen MR) is 323 cm³/mol. The summed E-state index contributed by atoms with van der Waals surface area (Å²) in [6, 6.07) is 18.1. The minimum absolute atomic E-state index is 0.0132. The Morgan fingerprint density at radius 1 is 0.627 bits per heavy atom. The van der Waals surface area contributed by atoms with Gasteiger partial charge in [-0.2, -0.15) is 0 Å². The number of nitrogens with one attached hydrogen (secondary N) is 6. The fourth-order valence-corrected chi connectivity index (χ4v) is 9.26. The monoisotopic (exact) mass is 1290 g/mol. The van der Waals surface area contributed by atoms with Crippen LogP contribution >= 0.6 is 34.8 Å². The predicted octanol–water partition coefficient (Wildman–Crippen LogP) is 1.92. The summed E-state index contributed by atoms with van der Waals surface area (Å²) in [4.78, 5) is 127. The van der Waals surface area contributed by atoms with Crippen LogP contribution in [0.2, 0.25) is 0 Å². The first-order valence-corrected chi connectivity index (χ1v) is 28.7. The molecule has 3 rings (SSSR count). The molecule has 0 aromatic heterocycles. The smallest absolute Gasteiger partial charge is 0.326 e. The molecule has 27 heteroatoms. The van der Waals surface area contributed by atoms with Gasteiger partial charge in [0.1, 0.15) is 17.9 Å². The Morgan fingerprint density at radius 3 is 1.83 bits per heavy atom. The van der Waals surface area contributed by atoms with Gasteiger partial charge in [0.05, 0.1) is 31.2 Å². The summed E-state index contributed by atoms with van der Waals surface area (Å²) in [5.41, 5.74) is 20.0. The lowest BCUT2D eigenvalue weighted by molar-refractivity contribution is -0.141. The van der Waals surface area contributed by atoms with E-state index in [1.165, 1.54) is 6.92 Å². The number of ketones is 1. The Kier molecular flexibility index (Phi) is 32.6. The lowest BCUT2D eigenvalue weighted by Crippen LogP contribution is -2.51. The van der Waals surface area contributed by atoms with E-state index in [9.17, 15) is 58.2 Å². The van der Waals surface area contributed by atoms with Gasteiger partial charge in [0.25, 0.3) is 5.91 Å². The number of amides is 7. The van der Waals surface area contributed by atoms with Crippen molar-refractivity contribution in [1.82, 2.24) is 41.3 Å². The minimum atomic E-state index is -1.53. The molecule has 3 aromatic carbocycles. The molecule has 0 radical (unpaired) electrons. The highest BCUT2D eigenvalue weighted by Gasteiger charge is 2.26. The van der Waals surface area contributed by atoms with Crippen molar-refractivity contribution >= 4 is 105 Å². The van der Waals surface area contributed by atoms with Gasteiger partial charge < -0.3 is 69.3 Å². The highest BCUT2D eigenvalue weighted by Crippen LogP contribution is 2.18. The second-order valence-corrected chi connectivity index (χ2v) is 21.7. The number of carboxylic acids is 3. The van der Waals surface area contributed by atoms with Crippen molar-refractivity contribution in [2.75, 3.05) is 70.8 Å². The molecule has 3 atom stereocenters. The van der Waals surface area contributed by atoms with Gasteiger partial charge in [-0.05, 0) is 134 Å². The Labute approximate surface area is 502 Å². The summed E-state index contributed by atoms with van der Waals surface area (Å²) < 4.78 is 1.01. The fourth-order valence-electron chi connectivity index (χ4n) is 8.64. The zero-order chi connectivity index (χ0) is 61.3. The third-order valence-electron chi connectivity index (χ3n) is 12.9. The van der Waals surface area contributed by atoms with Gasteiger partial charge >= 0.3 is 23.9 Å². The number of nitrogens with two attached hydrogens (primary N) is 3. The molecular formula is C56H79IN12O13S. The minimum Gasteiger partial charge on any atom is -0.481 e. The first-order valence-electron chi connectivity index (χ1n) is 27.2. The van der Waals surface area contributed by atoms with Crippen LogP contribution in [-0.4, -0.2) is 178 Å². The number of carbonyl (C=O) groups excluding carboxylic acids is 7. The van der Waals surface area contributed by atoms with Gasteiger partial charge in [0, 0.05) is 86.1 Å². The summed E-state index contributed by atoms with van der Waals surface area (Å²) in [6.45, 7) is 4.20. The van der Waals surface area contributed by atoms with Crippen molar-refractivity contribution in [2.45, 2.75) is 109 Å². The molecule has 1 unspecified atom stereocenters. The van der Waals surface area contributed by atoms with Gasteiger partial charge in [0.15, 0.2) is 0 Å². The molecule has 0 aliphatic rings. The maximum Gasteiger partial charge on any atom is 0.326 e. The SMILES string of the molecule is CC(=O)CN(CCN(CCNCC(N)=O)CC(N)=O)C(CNCC(N)=O)Cc1ccc(NC(=S)CCCCCC(=O)NCc2ccc(C(=O)N(CCCC[C@@H](NC(=O)N[C@H](CCC(=O)O)C(=O)O)C(=O)O)Cc3ccc(I)cc3)cc2)cc1. The van der Waals surface area contributed by atoms with E-state index in [0.717, 1.165) is 38.8 Å². The molecule has 83 heavy (non-hydrogen) atoms. The van der Waals surface area contributed by atoms with Crippen LogP contribution in [0.4, 0.5) is 10.5 Å². The maximum absolute atomic E-state index is 13.9. The van der Waals surface area contributed by atoms with Crippen molar-refractivity contribution in [2.24, 2.45) is 17.2 Å². The number of carboxylic acid groups (broad SMARTS) is 3. The van der Waals surface area contributed by atoms with E-state index in [-0.39, 0.29) is 82.3 Å². The van der Waals surface area contributed by atoms with Gasteiger partial charge in [-0.25, -0.2) is 14.4 Å². The summed E-state index contributed by atoms with van der Waals surface area (Å²) in [5, 5.41) is 44.6. The number of benzene rings is 3. The van der Waals surface area contributed by atoms with Crippen LogP contribution in [0.5, 0.6) is 0 Å². The van der Waals surface area contributed by atoms with E-state index in [0.29, 0.717) is 75.4 Å². The van der Waals surface area contributed by atoms with Crippen molar-refractivity contribution in [3.05, 3.63) is 98.6 Å². The van der Waals surface area contributed by atoms with Crippen LogP contribution in [0.1, 0.15) is 98.2 Å². The molecule has 0 heterocycles. The molecule has 0 aliphatic carbocycles. The van der Waals surface area contributed by atoms with E-state index in [1.54, 1.807) is 29.2 Å². The summed E-state index contributed by atoms with van der Waals surface area (Å²) in [7, 11) is 0. The van der Waals surface area contributed by atoms with Crippen LogP contribution in [0, 0.1) is 3.57 Å². The van der Waals surface area contributed by atoms with Crippen molar-refractivity contribution < 1.29 is 63.3 Å². The van der Waals surface area contributed by atoms with Gasteiger partial charge in [-0.15, -0.1) is 0 Å². The Balaban J connectivity index is 1.48. The van der Waals surface area contributed by atoms with E-state index < -0.39 is 66.6 Å². The third kappa shape index (κ3) is 30.6. The zero-order valence-corrected chi connectivity index (χ0v) is 49.7. The summed E-state index contributed by atoms with van der Waals surface area (Å²) in [5.74, 6) is -6.08. The maximum atomic E-state index is 13.9. The number of anilines is 1. The van der Waals surface area contributed by atoms with Crippen LogP contribution in [0.25, 0.3) is 0 Å². The average molecular weight is 1290 g/mol. The van der Waals surface area contributed by atoms with E-state index >= 15 is 0 Å². The number of primary amides is 3. The number of unbranched alkanes of at least 4 members (excludes halogenated alkanes) is 3. The number of halogens is 1. The fraction of sp³-hybridized carbons (Fsp3) is 0.482. The van der Waals surface area contributed by atoms with Crippen LogP contribution in [0.15, 0.2) is 72.8 Å². The second kappa shape index (κ2) is 38.6. The highest BCUT2D eigenvalue weighted by molar-refractivity contribution is 14.1. The Hall–Kier alpha value is -7.18. The van der Waals surface area contributed by atoms with E-state index in [1.807, 2.05) is 58.3 Å². The quantitative estimate of drug-likeness (QED) is 0.0219. The molecule has 7 amide bonds. The largest absolute Gasteiger partial charge is 0.481 e. The second-order valence-electron chi connectivity index (χ2n) is 20.0. The normalized spacial score (nSPS) is 12.1. The number of nitrogens with zero attached hydrogens (tertiary/aromatic N) is 3. The number of rotatable bonds is 43. The molecule has 0 spiro atoms. The third-order valence-corrected chi connectivity index (χ3v) is 13.9. The number of carbonyl (C=O) groups is 10. The van der Waals surface area contributed by atoms with Crippen molar-refractivity contribution in [3.8, 4) is 0 Å². The van der Waals surface area contributed by atoms with Crippen molar-refractivity contribution in [3.63, 3.8) is 0 Å². The van der Waals surface area contributed by atoms with Crippen LogP contribution < -0.4 is 49.1 Å². The lowest BCUT2D eigenvalue weighted by atomic mass is 10.0. The molecule has 0 aliphatic heterocycles. The lowest BCUT2D eigenvalue weighted by Gasteiger charge is -2.33. The molecular weight excluding hydrogens is 1210 g/mol. The number of thiocarbonyl (C=S) groups is 1. The summed E-state index contributed by atoms with van der Waals surface area (Å²) in [6.07, 6.45) is 3.30. The number of aliphatic carboxylic acids is 3.